The van der Waals surface area contributed by atoms with E-state index in [4.69, 9.17) is 28.3 Å². The molecule has 64 valence electrons. The van der Waals surface area contributed by atoms with Crippen molar-refractivity contribution in [3.63, 3.8) is 0 Å². The highest BCUT2D eigenvalue weighted by atomic mass is 35.5. The van der Waals surface area contributed by atoms with Gasteiger partial charge in [0.1, 0.15) is 4.71 Å². The summed E-state index contributed by atoms with van der Waals surface area (Å²) in [7, 11) is -3.83. The van der Waals surface area contributed by atoms with Gasteiger partial charge in [0.05, 0.1) is 0 Å². The molecule has 0 amide bonds. The van der Waals surface area contributed by atoms with Gasteiger partial charge in [-0.2, -0.15) is 0 Å². The molecule has 1 heterocycles. The Kier molecular flexibility index (Phi) is 2.47. The maximum absolute atomic E-state index is 10.9. The lowest BCUT2D eigenvalue weighted by atomic mass is 10.5. The minimum absolute atomic E-state index is 0.751. The van der Waals surface area contributed by atoms with Crippen molar-refractivity contribution >= 4 is 45.0 Å². The lowest BCUT2D eigenvalue weighted by Crippen LogP contribution is -2.40. The van der Waals surface area contributed by atoms with Gasteiger partial charge in [-0.15, -0.1) is 23.4 Å². The van der Waals surface area contributed by atoms with Crippen LogP contribution in [0.25, 0.3) is 0 Å². The topological polar surface area (TPSA) is 60.2 Å². The van der Waals surface area contributed by atoms with Crippen LogP contribution in [0, 0.1) is 0 Å². The molecule has 2 N–H and O–H groups in total. The zero-order chi connectivity index (χ0) is 8.70. The predicted octanol–water partition coefficient (Wildman–Crippen LogP) is 1.04. The molecule has 0 saturated heterocycles. The summed E-state index contributed by atoms with van der Waals surface area (Å²) in [6.07, 6.45) is 1.28. The number of rotatable bonds is 1. The molecule has 11 heavy (non-hydrogen) atoms. The number of thioether (sulfide) groups is 1. The lowest BCUT2D eigenvalue weighted by Gasteiger charge is -2.19. The van der Waals surface area contributed by atoms with E-state index in [0.717, 1.165) is 11.8 Å². The van der Waals surface area contributed by atoms with Gasteiger partial charge in [0, 0.05) is 0 Å². The Morgan fingerprint density at radius 3 is 2.36 bits per heavy atom. The number of nitrogens with two attached hydrogens (primary N) is 1. The fourth-order valence-corrected chi connectivity index (χ4v) is 3.38. The van der Waals surface area contributed by atoms with Crippen molar-refractivity contribution in [2.45, 2.75) is 8.92 Å². The Bertz CT molecular complexity index is 288. The molecule has 0 spiro atoms. The van der Waals surface area contributed by atoms with Gasteiger partial charge in [0.2, 0.25) is 14.2 Å². The highest BCUT2D eigenvalue weighted by molar-refractivity contribution is 8.06. The first-order valence-electron chi connectivity index (χ1n) is 2.56. The van der Waals surface area contributed by atoms with E-state index >= 15 is 0 Å². The van der Waals surface area contributed by atoms with Crippen molar-refractivity contribution in [1.29, 1.82) is 0 Å². The molecule has 1 rings (SSSR count). The molecule has 0 aliphatic carbocycles. The van der Waals surface area contributed by atoms with Crippen molar-refractivity contribution < 1.29 is 8.42 Å². The van der Waals surface area contributed by atoms with Crippen LogP contribution in [0.5, 0.6) is 0 Å². The summed E-state index contributed by atoms with van der Waals surface area (Å²) in [5, 5.41) is 6.38. The van der Waals surface area contributed by atoms with Gasteiger partial charge in [-0.25, -0.2) is 13.6 Å². The Hall–Kier alpha value is 0.580. The highest BCUT2D eigenvalue weighted by Crippen LogP contribution is 2.43. The second kappa shape index (κ2) is 2.81. The van der Waals surface area contributed by atoms with E-state index in [9.17, 15) is 8.42 Å². The van der Waals surface area contributed by atoms with Crippen LogP contribution in [-0.4, -0.2) is 17.3 Å². The molecule has 0 radical (unpaired) electrons. The van der Waals surface area contributed by atoms with Gasteiger partial charge in [-0.1, -0.05) is 11.6 Å². The van der Waals surface area contributed by atoms with Crippen LogP contribution in [0.15, 0.2) is 11.5 Å². The SMILES string of the molecule is NS(=O)(=O)C1(Cl)C=CSC1Cl. The number of hydrogen-bond donors (Lipinski definition) is 1. The molecule has 0 fully saturated rings. The first-order chi connectivity index (χ1) is 4.88. The minimum atomic E-state index is -3.83. The fraction of sp³-hybridized carbons (Fsp3) is 0.500. The maximum Gasteiger partial charge on any atom is 0.235 e. The minimum Gasteiger partial charge on any atom is -0.227 e. The molecule has 2 unspecified atom stereocenters. The first kappa shape index (κ1) is 9.67. The third-order valence-electron chi connectivity index (χ3n) is 1.24. The summed E-state index contributed by atoms with van der Waals surface area (Å²) >= 11 is 12.4. The third kappa shape index (κ3) is 1.53. The van der Waals surface area contributed by atoms with Crippen molar-refractivity contribution in [2.24, 2.45) is 5.14 Å². The van der Waals surface area contributed by atoms with E-state index in [-0.39, 0.29) is 0 Å². The second-order valence-electron chi connectivity index (χ2n) is 2.00. The molecule has 0 aromatic carbocycles. The van der Waals surface area contributed by atoms with Gasteiger partial charge in [0.15, 0.2) is 0 Å². The Labute approximate surface area is 79.0 Å². The average Bonchev–Trinajstić information content (AvgIpc) is 2.12. The van der Waals surface area contributed by atoms with Crippen LogP contribution in [0.2, 0.25) is 0 Å². The van der Waals surface area contributed by atoms with Crippen LogP contribution >= 0.6 is 35.0 Å². The molecule has 1 aliphatic heterocycles. The predicted molar refractivity (Wildman–Crippen MR) is 48.1 cm³/mol. The van der Waals surface area contributed by atoms with Gasteiger partial charge < -0.3 is 0 Å². The quantitative estimate of drug-likeness (QED) is 0.689. The van der Waals surface area contributed by atoms with Crippen LogP contribution in [0.4, 0.5) is 0 Å². The molecular formula is C4H5Cl2NO2S2. The number of alkyl halides is 2. The average molecular weight is 234 g/mol. The lowest BCUT2D eigenvalue weighted by molar-refractivity contribution is 0.588. The van der Waals surface area contributed by atoms with Gasteiger partial charge in [-0.3, -0.25) is 0 Å². The van der Waals surface area contributed by atoms with E-state index in [1.54, 1.807) is 0 Å². The molecule has 3 nitrogen and oxygen atoms in total. The van der Waals surface area contributed by atoms with Crippen molar-refractivity contribution in [3.8, 4) is 0 Å². The second-order valence-corrected chi connectivity index (χ2v) is 6.32. The van der Waals surface area contributed by atoms with Gasteiger partial charge in [-0.05, 0) is 11.5 Å². The molecule has 0 aromatic rings. The standard InChI is InChI=1S/C4H5Cl2NO2S2/c5-3-4(6,1-2-10-3)11(7,8)9/h1-3H,(H2,7,8,9). The smallest absolute Gasteiger partial charge is 0.227 e. The molecule has 1 aliphatic rings. The normalized spacial score (nSPS) is 37.9. The van der Waals surface area contributed by atoms with E-state index in [1.807, 2.05) is 0 Å². The Morgan fingerprint density at radius 2 is 2.18 bits per heavy atom. The van der Waals surface area contributed by atoms with Crippen LogP contribution in [-0.2, 0) is 10.0 Å². The number of primary sulfonamides is 1. The monoisotopic (exact) mass is 233 g/mol. The maximum atomic E-state index is 10.9. The van der Waals surface area contributed by atoms with Crippen molar-refractivity contribution in [2.75, 3.05) is 0 Å². The van der Waals surface area contributed by atoms with Gasteiger partial charge >= 0.3 is 0 Å². The number of hydrogen-bond acceptors (Lipinski definition) is 3. The van der Waals surface area contributed by atoms with Crippen LogP contribution < -0.4 is 5.14 Å². The van der Waals surface area contributed by atoms with Crippen LogP contribution in [0.3, 0.4) is 0 Å². The summed E-state index contributed by atoms with van der Waals surface area (Å²) < 4.78 is 19.3. The molecule has 0 bridgehead atoms. The van der Waals surface area contributed by atoms with Gasteiger partial charge in [0.25, 0.3) is 0 Å². The highest BCUT2D eigenvalue weighted by Gasteiger charge is 2.47. The van der Waals surface area contributed by atoms with E-state index in [1.165, 1.54) is 11.5 Å². The summed E-state index contributed by atoms with van der Waals surface area (Å²) in [4.78, 5) is 0. The molecule has 2 atom stereocenters. The third-order valence-corrected chi connectivity index (χ3v) is 5.55. The molecule has 7 heteroatoms. The van der Waals surface area contributed by atoms with E-state index < -0.39 is 18.9 Å². The number of halogens is 2. The van der Waals surface area contributed by atoms with E-state index in [2.05, 4.69) is 0 Å². The molecule has 0 saturated carbocycles. The van der Waals surface area contributed by atoms with Crippen molar-refractivity contribution in [3.05, 3.63) is 11.5 Å². The summed E-state index contributed by atoms with van der Waals surface area (Å²) in [5.74, 6) is 0. The largest absolute Gasteiger partial charge is 0.235 e. The van der Waals surface area contributed by atoms with Crippen LogP contribution in [0.1, 0.15) is 0 Å². The van der Waals surface area contributed by atoms with Crippen molar-refractivity contribution in [1.82, 2.24) is 0 Å². The molecule has 0 aromatic heterocycles. The fourth-order valence-electron chi connectivity index (χ4n) is 0.593. The zero-order valence-electron chi connectivity index (χ0n) is 5.20. The zero-order valence-corrected chi connectivity index (χ0v) is 8.34. The summed E-state index contributed by atoms with van der Waals surface area (Å²) in [5.41, 5.74) is 0. The summed E-state index contributed by atoms with van der Waals surface area (Å²) in [6, 6.07) is 0. The van der Waals surface area contributed by atoms with E-state index in [0.29, 0.717) is 0 Å². The first-order valence-corrected chi connectivity index (χ1v) is 5.87. The Balaban J connectivity index is 3.10. The Morgan fingerprint density at radius 1 is 1.64 bits per heavy atom. The summed E-state index contributed by atoms with van der Waals surface area (Å²) in [6.45, 7) is 0. The number of sulfonamides is 1. The molecular weight excluding hydrogens is 229 g/mol.